The van der Waals surface area contributed by atoms with Gasteiger partial charge in [-0.15, -0.1) is 0 Å². The second kappa shape index (κ2) is 7.00. The van der Waals surface area contributed by atoms with Gasteiger partial charge in [-0.3, -0.25) is 9.69 Å². The zero-order valence-electron chi connectivity index (χ0n) is 12.7. The zero-order valence-corrected chi connectivity index (χ0v) is 13.5. The van der Waals surface area contributed by atoms with Gasteiger partial charge in [-0.05, 0) is 38.1 Å². The van der Waals surface area contributed by atoms with Crippen LogP contribution in [0.25, 0.3) is 0 Å². The highest BCUT2D eigenvalue weighted by Gasteiger charge is 2.25. The maximum absolute atomic E-state index is 12.5. The molecule has 0 bridgehead atoms. The number of amides is 1. The molecule has 1 aliphatic rings. The number of nitrogens with two attached hydrogens (primary N) is 1. The molecule has 5 heteroatoms. The number of nitrogens with zero attached hydrogens (tertiary/aromatic N) is 2. The molecule has 0 saturated carbocycles. The second-order valence-corrected chi connectivity index (χ2v) is 6.00. The monoisotopic (exact) mass is 305 g/mol. The maximum Gasteiger partial charge on any atom is 0.253 e. The van der Waals surface area contributed by atoms with E-state index in [1.807, 2.05) is 25.2 Å². The van der Waals surface area contributed by atoms with Crippen LogP contribution in [0, 0.1) is 0 Å². The van der Waals surface area contributed by atoms with Crippen LogP contribution in [0.3, 0.4) is 0 Å². The minimum absolute atomic E-state index is 0.0241. The van der Waals surface area contributed by atoms with Crippen LogP contribution in [0.2, 0.25) is 0 Å². The van der Waals surface area contributed by atoms with Gasteiger partial charge >= 0.3 is 0 Å². The lowest BCUT2D eigenvalue weighted by molar-refractivity contribution is 0.0754. The Bertz CT molecular complexity index is 532. The highest BCUT2D eigenvalue weighted by Crippen LogP contribution is 2.18. The van der Waals surface area contributed by atoms with Crippen molar-refractivity contribution in [1.29, 1.82) is 0 Å². The van der Waals surface area contributed by atoms with E-state index in [2.05, 4.69) is 11.8 Å². The number of carbonyl (C=O) groups excluding carboxylic acids is 1. The molecule has 4 nitrogen and oxygen atoms in total. The summed E-state index contributed by atoms with van der Waals surface area (Å²) in [5.41, 5.74) is 7.01. The van der Waals surface area contributed by atoms with Crippen molar-refractivity contribution in [2.24, 2.45) is 5.73 Å². The summed E-state index contributed by atoms with van der Waals surface area (Å²) in [5.74, 6) is 0.0241. The van der Waals surface area contributed by atoms with Crippen molar-refractivity contribution in [3.8, 4) is 0 Å². The van der Waals surface area contributed by atoms with Crippen LogP contribution < -0.4 is 5.73 Å². The molecule has 1 atom stereocenters. The summed E-state index contributed by atoms with van der Waals surface area (Å²) in [6, 6.07) is 7.71. The Balaban J connectivity index is 2.05. The molecule has 1 saturated heterocycles. The third-order valence-electron chi connectivity index (χ3n) is 4.13. The second-order valence-electron chi connectivity index (χ2n) is 5.56. The lowest BCUT2D eigenvalue weighted by Gasteiger charge is -2.27. The van der Waals surface area contributed by atoms with Crippen LogP contribution in [-0.4, -0.2) is 53.4 Å². The SMILES string of the molecule is CCN1CCCC1CN(C)C(=O)c1cccc(C(N)=S)c1. The van der Waals surface area contributed by atoms with E-state index in [1.165, 1.54) is 12.8 Å². The number of benzene rings is 1. The number of rotatable bonds is 5. The van der Waals surface area contributed by atoms with Gasteiger partial charge in [0.15, 0.2) is 0 Å². The molecule has 1 unspecified atom stereocenters. The van der Waals surface area contributed by atoms with Crippen LogP contribution in [0.4, 0.5) is 0 Å². The molecule has 1 aliphatic heterocycles. The molecule has 0 spiro atoms. The van der Waals surface area contributed by atoms with Crippen molar-refractivity contribution in [3.63, 3.8) is 0 Å². The molecular formula is C16H23N3OS. The highest BCUT2D eigenvalue weighted by molar-refractivity contribution is 7.80. The molecular weight excluding hydrogens is 282 g/mol. The van der Waals surface area contributed by atoms with E-state index in [4.69, 9.17) is 18.0 Å². The molecule has 1 amide bonds. The summed E-state index contributed by atoms with van der Waals surface area (Å²) < 4.78 is 0. The van der Waals surface area contributed by atoms with E-state index in [0.717, 1.165) is 25.2 Å². The summed E-state index contributed by atoms with van der Waals surface area (Å²) >= 11 is 4.97. The minimum atomic E-state index is 0.0241. The molecule has 0 aromatic heterocycles. The lowest BCUT2D eigenvalue weighted by Crippen LogP contribution is -2.41. The fraction of sp³-hybridized carbons (Fsp3) is 0.500. The average molecular weight is 305 g/mol. The molecule has 0 aliphatic carbocycles. The Hall–Kier alpha value is -1.46. The van der Waals surface area contributed by atoms with Crippen LogP contribution >= 0.6 is 12.2 Å². The molecule has 2 N–H and O–H groups in total. The summed E-state index contributed by atoms with van der Waals surface area (Å²) in [7, 11) is 1.86. The summed E-state index contributed by atoms with van der Waals surface area (Å²) in [4.78, 5) is 17.1. The van der Waals surface area contributed by atoms with Gasteiger partial charge in [-0.2, -0.15) is 0 Å². The third-order valence-corrected chi connectivity index (χ3v) is 4.37. The van der Waals surface area contributed by atoms with E-state index in [9.17, 15) is 4.79 Å². The number of thiocarbonyl (C=S) groups is 1. The van der Waals surface area contributed by atoms with E-state index < -0.39 is 0 Å². The van der Waals surface area contributed by atoms with E-state index >= 15 is 0 Å². The Morgan fingerprint density at radius 1 is 1.48 bits per heavy atom. The molecule has 21 heavy (non-hydrogen) atoms. The first-order valence-corrected chi connectivity index (χ1v) is 7.83. The van der Waals surface area contributed by atoms with Gasteiger partial charge < -0.3 is 10.6 Å². The molecule has 0 radical (unpaired) electrons. The normalized spacial score (nSPS) is 18.7. The van der Waals surface area contributed by atoms with Gasteiger partial charge in [-0.25, -0.2) is 0 Å². The van der Waals surface area contributed by atoms with Crippen molar-refractivity contribution in [2.75, 3.05) is 26.7 Å². The van der Waals surface area contributed by atoms with Gasteiger partial charge in [-0.1, -0.05) is 31.3 Å². The third kappa shape index (κ3) is 3.80. The number of likely N-dealkylation sites (tertiary alicyclic amines) is 1. The van der Waals surface area contributed by atoms with E-state index in [0.29, 0.717) is 16.6 Å². The van der Waals surface area contributed by atoms with Crippen LogP contribution in [0.1, 0.15) is 35.7 Å². The first-order chi connectivity index (χ1) is 10.0. The van der Waals surface area contributed by atoms with Crippen molar-refractivity contribution >= 4 is 23.1 Å². The van der Waals surface area contributed by atoms with Crippen LogP contribution in [-0.2, 0) is 0 Å². The summed E-state index contributed by atoms with van der Waals surface area (Å²) in [6.07, 6.45) is 2.38. The predicted octanol–water partition coefficient (Wildman–Crippen LogP) is 1.88. The number of carbonyl (C=O) groups is 1. The van der Waals surface area contributed by atoms with Crippen LogP contribution in [0.5, 0.6) is 0 Å². The fourth-order valence-electron chi connectivity index (χ4n) is 2.94. The number of hydrogen-bond acceptors (Lipinski definition) is 3. The topological polar surface area (TPSA) is 49.6 Å². The van der Waals surface area contributed by atoms with E-state index in [-0.39, 0.29) is 5.91 Å². The van der Waals surface area contributed by atoms with Gasteiger partial charge in [0.05, 0.1) is 0 Å². The Morgan fingerprint density at radius 3 is 2.86 bits per heavy atom. The maximum atomic E-state index is 12.5. The standard InChI is InChI=1S/C16H23N3OS/c1-3-19-9-5-8-14(19)11-18(2)16(20)13-7-4-6-12(10-13)15(17)21/h4,6-7,10,14H,3,5,8-9,11H2,1-2H3,(H2,17,21). The average Bonchev–Trinajstić information content (AvgIpc) is 2.93. The quantitative estimate of drug-likeness (QED) is 0.844. The van der Waals surface area contributed by atoms with Crippen LogP contribution in [0.15, 0.2) is 24.3 Å². The first-order valence-electron chi connectivity index (χ1n) is 7.42. The molecule has 1 heterocycles. The van der Waals surface area contributed by atoms with Crippen molar-refractivity contribution in [1.82, 2.24) is 9.80 Å². The van der Waals surface area contributed by atoms with E-state index in [1.54, 1.807) is 11.0 Å². The Kier molecular flexibility index (Phi) is 5.31. The summed E-state index contributed by atoms with van der Waals surface area (Å²) in [6.45, 7) is 5.12. The molecule has 1 aromatic rings. The Morgan fingerprint density at radius 2 is 2.19 bits per heavy atom. The number of hydrogen-bond donors (Lipinski definition) is 1. The van der Waals surface area contributed by atoms with Gasteiger partial charge in [0.1, 0.15) is 4.99 Å². The molecule has 1 fully saturated rings. The van der Waals surface area contributed by atoms with Gasteiger partial charge in [0.2, 0.25) is 0 Å². The molecule has 114 valence electrons. The van der Waals surface area contributed by atoms with Crippen molar-refractivity contribution in [3.05, 3.63) is 35.4 Å². The van der Waals surface area contributed by atoms with Crippen molar-refractivity contribution in [2.45, 2.75) is 25.8 Å². The fourth-order valence-corrected chi connectivity index (χ4v) is 3.07. The highest BCUT2D eigenvalue weighted by atomic mass is 32.1. The molecule has 2 rings (SSSR count). The smallest absolute Gasteiger partial charge is 0.253 e. The zero-order chi connectivity index (χ0) is 15.4. The van der Waals surface area contributed by atoms with Crippen molar-refractivity contribution < 1.29 is 4.79 Å². The Labute approximate surface area is 131 Å². The van der Waals surface area contributed by atoms with Gasteiger partial charge in [0.25, 0.3) is 5.91 Å². The minimum Gasteiger partial charge on any atom is -0.389 e. The molecule has 1 aromatic carbocycles. The predicted molar refractivity (Wildman–Crippen MR) is 89.6 cm³/mol. The first kappa shape index (κ1) is 15.9. The van der Waals surface area contributed by atoms with Gasteiger partial charge in [0, 0.05) is 30.8 Å². The lowest BCUT2D eigenvalue weighted by atomic mass is 10.1. The number of likely N-dealkylation sites (N-methyl/N-ethyl adjacent to an activating group) is 2. The largest absolute Gasteiger partial charge is 0.389 e. The summed E-state index contributed by atoms with van der Waals surface area (Å²) in [5, 5.41) is 0.